The summed E-state index contributed by atoms with van der Waals surface area (Å²) in [5.74, 6) is -1.53. The molecule has 0 saturated carbocycles. The van der Waals surface area contributed by atoms with Crippen molar-refractivity contribution in [1.82, 2.24) is 5.32 Å². The lowest BCUT2D eigenvalue weighted by Crippen LogP contribution is -2.92. The quantitative estimate of drug-likeness (QED) is 0.723. The predicted molar refractivity (Wildman–Crippen MR) is 88.5 cm³/mol. The van der Waals surface area contributed by atoms with Gasteiger partial charge in [0.25, 0.3) is 0 Å². The molecular formula is C19H22N2O3. The van der Waals surface area contributed by atoms with E-state index in [1.807, 2.05) is 67.6 Å². The van der Waals surface area contributed by atoms with Crippen LogP contribution in [-0.2, 0) is 16.1 Å². The maximum absolute atomic E-state index is 12.1. The highest BCUT2D eigenvalue weighted by molar-refractivity contribution is 5.82. The molecule has 5 nitrogen and oxygen atoms in total. The first kappa shape index (κ1) is 17.7. The fourth-order valence-electron chi connectivity index (χ4n) is 2.48. The summed E-state index contributed by atoms with van der Waals surface area (Å²) in [4.78, 5) is 23.4. The fraction of sp³-hybridized carbons (Fsp3) is 0.263. The zero-order valence-corrected chi connectivity index (χ0v) is 13.6. The zero-order chi connectivity index (χ0) is 17.4. The van der Waals surface area contributed by atoms with E-state index in [4.69, 9.17) is 0 Å². The van der Waals surface area contributed by atoms with Crippen LogP contribution in [0.15, 0.2) is 60.7 Å². The molecule has 0 fully saturated rings. The molecule has 0 bridgehead atoms. The molecule has 0 spiro atoms. The molecule has 126 valence electrons. The highest BCUT2D eigenvalue weighted by Crippen LogP contribution is 2.11. The summed E-state index contributed by atoms with van der Waals surface area (Å²) in [6, 6.07) is 18.0. The molecule has 0 aromatic heterocycles. The molecule has 2 atom stereocenters. The van der Waals surface area contributed by atoms with Gasteiger partial charge < -0.3 is 20.5 Å². The van der Waals surface area contributed by atoms with Crippen LogP contribution in [0.25, 0.3) is 0 Å². The second kappa shape index (κ2) is 8.84. The van der Waals surface area contributed by atoms with Crippen molar-refractivity contribution in [2.75, 3.05) is 0 Å². The van der Waals surface area contributed by atoms with Gasteiger partial charge in [0.1, 0.15) is 12.6 Å². The number of carbonyl (C=O) groups excluding carboxylic acids is 2. The lowest BCUT2D eigenvalue weighted by Gasteiger charge is -2.19. The molecule has 0 aliphatic carbocycles. The lowest BCUT2D eigenvalue weighted by atomic mass is 10.1. The van der Waals surface area contributed by atoms with E-state index in [0.717, 1.165) is 11.1 Å². The number of hydrogen-bond acceptors (Lipinski definition) is 3. The SMILES string of the molecule is C[C@H](NC(=O)C[C@H]([NH2+]Cc1ccccc1)C(=O)[O-])c1ccccc1. The van der Waals surface area contributed by atoms with Gasteiger partial charge in [0.15, 0.2) is 0 Å². The molecule has 5 heteroatoms. The summed E-state index contributed by atoms with van der Waals surface area (Å²) >= 11 is 0. The number of aliphatic carboxylic acids is 1. The van der Waals surface area contributed by atoms with Crippen LogP contribution in [-0.4, -0.2) is 17.9 Å². The third kappa shape index (κ3) is 5.52. The molecule has 0 radical (unpaired) electrons. The number of quaternary nitrogens is 1. The van der Waals surface area contributed by atoms with Gasteiger partial charge in [0, 0.05) is 5.56 Å². The summed E-state index contributed by atoms with van der Waals surface area (Å²) in [7, 11) is 0. The van der Waals surface area contributed by atoms with Gasteiger partial charge in [-0.25, -0.2) is 0 Å². The van der Waals surface area contributed by atoms with Crippen LogP contribution < -0.4 is 15.7 Å². The summed E-state index contributed by atoms with van der Waals surface area (Å²) in [5, 5.41) is 15.7. The third-order valence-corrected chi connectivity index (χ3v) is 3.87. The Kier molecular flexibility index (Phi) is 6.51. The van der Waals surface area contributed by atoms with Crippen LogP contribution in [0.4, 0.5) is 0 Å². The third-order valence-electron chi connectivity index (χ3n) is 3.87. The molecule has 2 aromatic carbocycles. The maximum Gasteiger partial charge on any atom is 0.226 e. The topological polar surface area (TPSA) is 85.8 Å². The Bertz CT molecular complexity index is 659. The maximum atomic E-state index is 12.1. The van der Waals surface area contributed by atoms with Gasteiger partial charge in [-0.2, -0.15) is 0 Å². The Morgan fingerprint density at radius 3 is 2.21 bits per heavy atom. The van der Waals surface area contributed by atoms with Crippen LogP contribution >= 0.6 is 0 Å². The number of nitrogens with two attached hydrogens (primary N) is 1. The molecule has 1 amide bonds. The smallest absolute Gasteiger partial charge is 0.226 e. The van der Waals surface area contributed by atoms with E-state index in [1.54, 1.807) is 5.32 Å². The Labute approximate surface area is 141 Å². The molecule has 3 N–H and O–H groups in total. The van der Waals surface area contributed by atoms with Gasteiger partial charge in [-0.3, -0.25) is 4.79 Å². The summed E-state index contributed by atoms with van der Waals surface area (Å²) in [5.41, 5.74) is 1.98. The van der Waals surface area contributed by atoms with Gasteiger partial charge >= 0.3 is 0 Å². The van der Waals surface area contributed by atoms with Crippen molar-refractivity contribution in [3.05, 3.63) is 71.8 Å². The van der Waals surface area contributed by atoms with E-state index in [-0.39, 0.29) is 18.4 Å². The Hall–Kier alpha value is -2.66. The lowest BCUT2D eigenvalue weighted by molar-refractivity contribution is -0.697. The highest BCUT2D eigenvalue weighted by atomic mass is 16.4. The van der Waals surface area contributed by atoms with Crippen LogP contribution in [0.3, 0.4) is 0 Å². The molecule has 2 aromatic rings. The minimum Gasteiger partial charge on any atom is -0.544 e. The minimum atomic E-state index is -1.23. The number of hydrogen-bond donors (Lipinski definition) is 2. The fourth-order valence-corrected chi connectivity index (χ4v) is 2.48. The number of nitrogens with one attached hydrogen (secondary N) is 1. The van der Waals surface area contributed by atoms with Crippen molar-refractivity contribution >= 4 is 11.9 Å². The zero-order valence-electron chi connectivity index (χ0n) is 13.6. The van der Waals surface area contributed by atoms with Crippen LogP contribution in [0.2, 0.25) is 0 Å². The first-order chi connectivity index (χ1) is 11.6. The second-order valence-corrected chi connectivity index (χ2v) is 5.75. The van der Waals surface area contributed by atoms with Crippen LogP contribution in [0, 0.1) is 0 Å². The van der Waals surface area contributed by atoms with Crippen molar-refractivity contribution < 1.29 is 20.0 Å². The molecular weight excluding hydrogens is 304 g/mol. The largest absolute Gasteiger partial charge is 0.544 e. The number of carboxylic acids is 1. The first-order valence-electron chi connectivity index (χ1n) is 7.98. The van der Waals surface area contributed by atoms with Crippen LogP contribution in [0.5, 0.6) is 0 Å². The molecule has 24 heavy (non-hydrogen) atoms. The van der Waals surface area contributed by atoms with Crippen LogP contribution in [0.1, 0.15) is 30.5 Å². The Morgan fingerprint density at radius 1 is 1.04 bits per heavy atom. The highest BCUT2D eigenvalue weighted by Gasteiger charge is 2.19. The summed E-state index contributed by atoms with van der Waals surface area (Å²) in [6.45, 7) is 2.36. The second-order valence-electron chi connectivity index (χ2n) is 5.75. The van der Waals surface area contributed by atoms with Gasteiger partial charge in [-0.15, -0.1) is 0 Å². The number of rotatable bonds is 8. The molecule has 2 rings (SSSR count). The van der Waals surface area contributed by atoms with Gasteiger partial charge in [-0.05, 0) is 12.5 Å². The van der Waals surface area contributed by atoms with E-state index in [1.165, 1.54) is 0 Å². The van der Waals surface area contributed by atoms with Crippen molar-refractivity contribution in [2.24, 2.45) is 0 Å². The monoisotopic (exact) mass is 326 g/mol. The molecule has 0 saturated heterocycles. The van der Waals surface area contributed by atoms with E-state index in [9.17, 15) is 14.7 Å². The number of benzene rings is 2. The Morgan fingerprint density at radius 2 is 1.62 bits per heavy atom. The standard InChI is InChI=1S/C19H22N2O3/c1-14(16-10-6-3-7-11-16)21-18(22)12-17(19(23)24)20-13-15-8-4-2-5-9-15/h2-11,14,17,20H,12-13H2,1H3,(H,21,22)(H,23,24)/t14-,17-/m0/s1. The van der Waals surface area contributed by atoms with E-state index < -0.39 is 12.0 Å². The summed E-state index contributed by atoms with van der Waals surface area (Å²) in [6.07, 6.45) is -0.119. The van der Waals surface area contributed by atoms with E-state index in [0.29, 0.717) is 6.54 Å². The number of amides is 1. The summed E-state index contributed by atoms with van der Waals surface area (Å²) < 4.78 is 0. The molecule has 0 heterocycles. The normalized spacial score (nSPS) is 13.0. The predicted octanol–water partition coefficient (Wildman–Crippen LogP) is 0.136. The van der Waals surface area contributed by atoms with Crippen molar-refractivity contribution in [2.45, 2.75) is 32.0 Å². The van der Waals surface area contributed by atoms with Crippen molar-refractivity contribution in [3.8, 4) is 0 Å². The average molecular weight is 326 g/mol. The molecule has 0 aliphatic rings. The first-order valence-corrected chi connectivity index (χ1v) is 7.98. The molecule has 0 unspecified atom stereocenters. The number of carboxylic acid groups (broad SMARTS) is 1. The van der Waals surface area contributed by atoms with E-state index in [2.05, 4.69) is 5.32 Å². The van der Waals surface area contributed by atoms with Crippen molar-refractivity contribution in [3.63, 3.8) is 0 Å². The Balaban J connectivity index is 1.87. The van der Waals surface area contributed by atoms with Gasteiger partial charge in [-0.1, -0.05) is 60.7 Å². The molecule has 0 aliphatic heterocycles. The van der Waals surface area contributed by atoms with E-state index >= 15 is 0 Å². The van der Waals surface area contributed by atoms with Crippen molar-refractivity contribution in [1.29, 1.82) is 0 Å². The average Bonchev–Trinajstić information content (AvgIpc) is 2.60. The van der Waals surface area contributed by atoms with Gasteiger partial charge in [0.2, 0.25) is 5.91 Å². The minimum absolute atomic E-state index is 0.119. The van der Waals surface area contributed by atoms with Gasteiger partial charge in [0.05, 0.1) is 18.4 Å². The number of carbonyl (C=O) groups is 2.